The summed E-state index contributed by atoms with van der Waals surface area (Å²) in [7, 11) is 2.01. The number of hydrazine groups is 1. The first kappa shape index (κ1) is 23.1. The highest BCUT2D eigenvalue weighted by Crippen LogP contribution is 2.39. The summed E-state index contributed by atoms with van der Waals surface area (Å²) in [5.41, 5.74) is 6.70. The molecule has 5 nitrogen and oxygen atoms in total. The minimum absolute atomic E-state index is 0.325. The maximum atomic E-state index is 13.9. The molecule has 1 aliphatic rings. The Hall–Kier alpha value is -3.09. The van der Waals surface area contributed by atoms with Gasteiger partial charge in [-0.1, -0.05) is 48.7 Å². The number of para-hydroxylation sites is 1. The second kappa shape index (κ2) is 9.81. The van der Waals surface area contributed by atoms with Crippen molar-refractivity contribution in [2.75, 3.05) is 17.8 Å². The highest BCUT2D eigenvalue weighted by atomic mass is 35.5. The Labute approximate surface area is 198 Å². The zero-order chi connectivity index (χ0) is 23.5. The maximum Gasteiger partial charge on any atom is 0.338 e. The molecule has 0 bridgehead atoms. The van der Waals surface area contributed by atoms with Gasteiger partial charge >= 0.3 is 5.97 Å². The number of rotatable bonds is 9. The molecule has 1 saturated carbocycles. The van der Waals surface area contributed by atoms with Crippen LogP contribution in [0.1, 0.15) is 36.5 Å². The normalized spacial score (nSPS) is 14.2. The Bertz CT molecular complexity index is 1150. The number of hydrogen-bond acceptors (Lipinski definition) is 4. The minimum Gasteiger partial charge on any atom is -0.478 e. The molecule has 0 radical (unpaired) electrons. The van der Waals surface area contributed by atoms with Gasteiger partial charge in [0.25, 0.3) is 0 Å². The van der Waals surface area contributed by atoms with E-state index in [9.17, 15) is 14.3 Å². The molecular weight excluding hydrogens is 441 g/mol. The van der Waals surface area contributed by atoms with E-state index in [4.69, 9.17) is 11.6 Å². The zero-order valence-corrected chi connectivity index (χ0v) is 19.4. The van der Waals surface area contributed by atoms with Gasteiger partial charge in [-0.25, -0.2) is 14.2 Å². The highest BCUT2D eigenvalue weighted by Gasteiger charge is 2.25. The van der Waals surface area contributed by atoms with Crippen molar-refractivity contribution in [1.29, 1.82) is 0 Å². The number of hydrogen-bond donors (Lipinski definition) is 3. The predicted molar refractivity (Wildman–Crippen MR) is 132 cm³/mol. The van der Waals surface area contributed by atoms with E-state index in [1.54, 1.807) is 6.07 Å². The molecule has 4 rings (SSSR count). The average Bonchev–Trinajstić information content (AvgIpc) is 3.60. The summed E-state index contributed by atoms with van der Waals surface area (Å²) in [4.78, 5) is 11.4. The van der Waals surface area contributed by atoms with E-state index in [1.165, 1.54) is 25.0 Å². The second-order valence-corrected chi connectivity index (χ2v) is 9.03. The summed E-state index contributed by atoms with van der Waals surface area (Å²) in [6.07, 6.45) is 3.70. The molecular formula is C26H27ClFN3O2. The van der Waals surface area contributed by atoms with Gasteiger partial charge in [0.1, 0.15) is 5.82 Å². The van der Waals surface area contributed by atoms with E-state index in [1.807, 2.05) is 43.4 Å². The van der Waals surface area contributed by atoms with Crippen molar-refractivity contribution < 1.29 is 14.3 Å². The number of carboxylic acid groups (broad SMARTS) is 1. The number of carboxylic acids is 1. The van der Waals surface area contributed by atoms with Crippen LogP contribution >= 0.6 is 11.6 Å². The summed E-state index contributed by atoms with van der Waals surface area (Å²) in [6, 6.07) is 17.8. The number of anilines is 3. The molecule has 33 heavy (non-hydrogen) atoms. The maximum absolute atomic E-state index is 13.9. The van der Waals surface area contributed by atoms with Gasteiger partial charge in [-0.3, -0.25) is 0 Å². The molecule has 1 atom stereocenters. The lowest BCUT2D eigenvalue weighted by Gasteiger charge is -2.28. The number of carbonyl (C=O) groups is 1. The number of benzene rings is 3. The average molecular weight is 468 g/mol. The van der Waals surface area contributed by atoms with Crippen LogP contribution in [0.5, 0.6) is 0 Å². The zero-order valence-electron chi connectivity index (χ0n) is 18.6. The number of aromatic carboxylic acids is 1. The van der Waals surface area contributed by atoms with Gasteiger partial charge in [-0.15, -0.1) is 0 Å². The van der Waals surface area contributed by atoms with E-state index in [2.05, 4.69) is 22.7 Å². The van der Waals surface area contributed by atoms with Crippen LogP contribution in [0.2, 0.25) is 5.02 Å². The molecule has 172 valence electrons. The van der Waals surface area contributed by atoms with Crippen LogP contribution < -0.4 is 10.7 Å². The lowest BCUT2D eigenvalue weighted by atomic mass is 10.0. The van der Waals surface area contributed by atoms with Crippen molar-refractivity contribution in [3.63, 3.8) is 0 Å². The van der Waals surface area contributed by atoms with Crippen molar-refractivity contribution in [1.82, 2.24) is 5.01 Å². The van der Waals surface area contributed by atoms with Gasteiger partial charge in [0.2, 0.25) is 0 Å². The van der Waals surface area contributed by atoms with Crippen molar-refractivity contribution in [3.8, 4) is 11.1 Å². The summed E-state index contributed by atoms with van der Waals surface area (Å²) >= 11 is 6.63. The third-order valence-electron chi connectivity index (χ3n) is 6.00. The molecule has 3 N–H and O–H groups in total. The fourth-order valence-corrected chi connectivity index (χ4v) is 4.09. The summed E-state index contributed by atoms with van der Waals surface area (Å²) in [5.74, 6) is -1.31. The molecule has 3 aromatic rings. The van der Waals surface area contributed by atoms with Crippen molar-refractivity contribution in [2.45, 2.75) is 32.2 Å². The smallest absolute Gasteiger partial charge is 0.338 e. The molecule has 0 saturated heterocycles. The van der Waals surface area contributed by atoms with Crippen LogP contribution in [0.15, 0.2) is 60.7 Å². The molecule has 1 unspecified atom stereocenters. The Balaban J connectivity index is 1.71. The minimum atomic E-state index is -1.32. The Morgan fingerprint density at radius 1 is 1.15 bits per heavy atom. The van der Waals surface area contributed by atoms with E-state index >= 15 is 0 Å². The lowest BCUT2D eigenvalue weighted by Crippen LogP contribution is -2.34. The fraction of sp³-hybridized carbons (Fsp3) is 0.269. The van der Waals surface area contributed by atoms with Crippen LogP contribution in [0, 0.1) is 11.7 Å². The molecule has 7 heteroatoms. The molecule has 0 aliphatic heterocycles. The molecule has 0 spiro atoms. The molecule has 0 aromatic heterocycles. The van der Waals surface area contributed by atoms with Crippen LogP contribution in [0.25, 0.3) is 11.1 Å². The molecule has 0 amide bonds. The van der Waals surface area contributed by atoms with Crippen molar-refractivity contribution in [3.05, 3.63) is 77.1 Å². The third-order valence-corrected chi connectivity index (χ3v) is 6.31. The summed E-state index contributed by atoms with van der Waals surface area (Å²) < 4.78 is 13.9. The molecule has 1 fully saturated rings. The first-order valence-corrected chi connectivity index (χ1v) is 11.4. The van der Waals surface area contributed by atoms with E-state index < -0.39 is 11.8 Å². The van der Waals surface area contributed by atoms with E-state index in [0.717, 1.165) is 35.5 Å². The molecule has 0 heterocycles. The first-order valence-electron chi connectivity index (χ1n) is 11.0. The van der Waals surface area contributed by atoms with Gasteiger partial charge in [0, 0.05) is 24.3 Å². The van der Waals surface area contributed by atoms with E-state index in [-0.39, 0.29) is 5.56 Å². The van der Waals surface area contributed by atoms with Crippen molar-refractivity contribution >= 4 is 34.6 Å². The number of halogens is 2. The Morgan fingerprint density at radius 3 is 2.55 bits per heavy atom. The molecule has 1 aliphatic carbocycles. The van der Waals surface area contributed by atoms with E-state index in [0.29, 0.717) is 22.2 Å². The third kappa shape index (κ3) is 5.64. The Kier molecular flexibility index (Phi) is 6.86. The van der Waals surface area contributed by atoms with Crippen molar-refractivity contribution in [2.24, 2.45) is 5.92 Å². The predicted octanol–water partition coefficient (Wildman–Crippen LogP) is 7.04. The first-order chi connectivity index (χ1) is 15.8. The quantitative estimate of drug-likeness (QED) is 0.295. The SMILES string of the molecule is CC(CC1CC1)N(C)Nc1cc(-c2ccc(F)c(C(=O)O)c2)c(Cl)cc1Nc1ccccc1. The van der Waals surface area contributed by atoms with Crippen LogP contribution in [0.3, 0.4) is 0 Å². The lowest BCUT2D eigenvalue weighted by molar-refractivity contribution is 0.0692. The largest absolute Gasteiger partial charge is 0.478 e. The van der Waals surface area contributed by atoms with Gasteiger partial charge in [-0.05, 0) is 61.2 Å². The standard InChI is InChI=1S/C26H27ClFN3O2/c1-16(12-17-8-9-17)31(2)30-25-14-20(18-10-11-23(28)21(13-18)26(32)33)22(27)15-24(25)29-19-6-4-3-5-7-19/h3-7,10-11,13-17,29-30H,8-9,12H2,1-2H3,(H,32,33). The summed E-state index contributed by atoms with van der Waals surface area (Å²) in [5, 5.41) is 15.2. The van der Waals surface area contributed by atoms with Gasteiger partial charge in [-0.2, -0.15) is 0 Å². The number of nitrogens with zero attached hydrogens (tertiary/aromatic N) is 1. The second-order valence-electron chi connectivity index (χ2n) is 8.62. The topological polar surface area (TPSA) is 64.6 Å². The van der Waals surface area contributed by atoms with Gasteiger partial charge < -0.3 is 15.8 Å². The van der Waals surface area contributed by atoms with Gasteiger partial charge in [0.15, 0.2) is 0 Å². The van der Waals surface area contributed by atoms with Crippen LogP contribution in [-0.2, 0) is 0 Å². The summed E-state index contributed by atoms with van der Waals surface area (Å²) in [6.45, 7) is 2.19. The highest BCUT2D eigenvalue weighted by molar-refractivity contribution is 6.34. The van der Waals surface area contributed by atoms with Crippen LogP contribution in [-0.4, -0.2) is 29.2 Å². The van der Waals surface area contributed by atoms with Gasteiger partial charge in [0.05, 0.1) is 22.0 Å². The van der Waals surface area contributed by atoms with Crippen LogP contribution in [0.4, 0.5) is 21.5 Å². The molecule has 3 aromatic carbocycles. The fourth-order valence-electron chi connectivity index (χ4n) is 3.82. The monoisotopic (exact) mass is 467 g/mol. The number of nitrogens with one attached hydrogen (secondary N) is 2. The Morgan fingerprint density at radius 2 is 1.88 bits per heavy atom.